The molecule has 18 heavy (non-hydrogen) atoms. The molecule has 1 atom stereocenters. The van der Waals surface area contributed by atoms with Crippen LogP contribution in [-0.4, -0.2) is 40.0 Å². The van der Waals surface area contributed by atoms with Gasteiger partial charge in [0.2, 0.25) is 5.12 Å². The van der Waals surface area contributed by atoms with Crippen molar-refractivity contribution < 1.29 is 14.3 Å². The van der Waals surface area contributed by atoms with E-state index >= 15 is 0 Å². The van der Waals surface area contributed by atoms with Crippen LogP contribution in [0.15, 0.2) is 0 Å². The van der Waals surface area contributed by atoms with Gasteiger partial charge in [-0.15, -0.1) is 0 Å². The zero-order chi connectivity index (χ0) is 13.8. The predicted octanol–water partition coefficient (Wildman–Crippen LogP) is 3.06. The fraction of sp³-hybridized carbons (Fsp3) is 0.846. The second-order valence-electron chi connectivity index (χ2n) is 5.61. The molecule has 0 unspecified atom stereocenters. The first kappa shape index (κ1) is 15.3. The lowest BCUT2D eigenvalue weighted by Gasteiger charge is -2.32. The van der Waals surface area contributed by atoms with Crippen molar-refractivity contribution in [2.45, 2.75) is 57.8 Å². The molecule has 0 spiro atoms. The first-order valence-electron chi connectivity index (χ1n) is 6.49. The van der Waals surface area contributed by atoms with E-state index < -0.39 is 5.60 Å². The molecule has 0 aliphatic carbocycles. The maximum atomic E-state index is 11.9. The first-order valence-corrected chi connectivity index (χ1v) is 7.37. The van der Waals surface area contributed by atoms with Crippen molar-refractivity contribution in [3.05, 3.63) is 0 Å². The van der Waals surface area contributed by atoms with Crippen LogP contribution in [0.5, 0.6) is 0 Å². The highest BCUT2D eigenvalue weighted by molar-refractivity contribution is 8.14. The fourth-order valence-corrected chi connectivity index (χ4v) is 2.92. The van der Waals surface area contributed by atoms with E-state index in [2.05, 4.69) is 6.92 Å². The van der Waals surface area contributed by atoms with Gasteiger partial charge in [-0.2, -0.15) is 0 Å². The Balaban J connectivity index is 2.54. The molecule has 5 heteroatoms. The topological polar surface area (TPSA) is 46.6 Å². The number of hydrogen-bond donors (Lipinski definition) is 0. The largest absolute Gasteiger partial charge is 0.444 e. The number of thioether (sulfide) groups is 1. The lowest BCUT2D eigenvalue weighted by atomic mass is 10.2. The highest BCUT2D eigenvalue weighted by Gasteiger charge is 2.31. The van der Waals surface area contributed by atoms with Gasteiger partial charge in [-0.1, -0.05) is 31.5 Å². The van der Waals surface area contributed by atoms with E-state index in [1.165, 1.54) is 16.7 Å². The molecule has 1 aliphatic heterocycles. The highest BCUT2D eigenvalue weighted by Crippen LogP contribution is 2.25. The van der Waals surface area contributed by atoms with E-state index in [1.54, 1.807) is 0 Å². The van der Waals surface area contributed by atoms with Crippen LogP contribution in [-0.2, 0) is 9.53 Å². The molecule has 104 valence electrons. The van der Waals surface area contributed by atoms with Gasteiger partial charge in [-0.25, -0.2) is 4.79 Å². The van der Waals surface area contributed by atoms with Crippen molar-refractivity contribution in [2.24, 2.45) is 0 Å². The number of amides is 1. The standard InChI is InChI=1S/C13H23NO3S/c1-5-6-7-10-8-14(9-11(15)18-10)12(16)17-13(2,3)4/h10H,5-9H2,1-4H3/t10-/m0/s1. The molecule has 1 aliphatic rings. The first-order chi connectivity index (χ1) is 8.31. The van der Waals surface area contributed by atoms with Crippen LogP contribution in [0, 0.1) is 0 Å². The molecule has 1 amide bonds. The number of nitrogens with zero attached hydrogens (tertiary/aromatic N) is 1. The van der Waals surface area contributed by atoms with Crippen LogP contribution in [0.3, 0.4) is 0 Å². The molecule has 1 fully saturated rings. The monoisotopic (exact) mass is 273 g/mol. The Morgan fingerprint density at radius 2 is 2.17 bits per heavy atom. The van der Waals surface area contributed by atoms with E-state index in [1.807, 2.05) is 20.8 Å². The number of carbonyl (C=O) groups excluding carboxylic acids is 2. The molecule has 0 aromatic carbocycles. The number of ether oxygens (including phenoxy) is 1. The summed E-state index contributed by atoms with van der Waals surface area (Å²) in [6, 6.07) is 0. The van der Waals surface area contributed by atoms with Crippen LogP contribution in [0.4, 0.5) is 4.79 Å². The Bertz CT molecular complexity index is 312. The van der Waals surface area contributed by atoms with Gasteiger partial charge in [-0.05, 0) is 27.2 Å². The van der Waals surface area contributed by atoms with Crippen molar-refractivity contribution in [1.82, 2.24) is 4.90 Å². The maximum absolute atomic E-state index is 11.9. The van der Waals surface area contributed by atoms with Crippen LogP contribution in [0.1, 0.15) is 47.0 Å². The summed E-state index contributed by atoms with van der Waals surface area (Å²) in [5.41, 5.74) is -0.510. The van der Waals surface area contributed by atoms with Crippen LogP contribution >= 0.6 is 11.8 Å². The van der Waals surface area contributed by atoms with Crippen LogP contribution < -0.4 is 0 Å². The molecule has 0 aromatic heterocycles. The summed E-state index contributed by atoms with van der Waals surface area (Å²) >= 11 is 1.38. The zero-order valence-corrected chi connectivity index (χ0v) is 12.5. The van der Waals surface area contributed by atoms with Crippen molar-refractivity contribution in [3.8, 4) is 0 Å². The molecule has 1 heterocycles. The molecule has 4 nitrogen and oxygen atoms in total. The number of rotatable bonds is 3. The molecular weight excluding hydrogens is 250 g/mol. The van der Waals surface area contributed by atoms with Crippen molar-refractivity contribution in [2.75, 3.05) is 13.1 Å². The summed E-state index contributed by atoms with van der Waals surface area (Å²) < 4.78 is 5.30. The zero-order valence-electron chi connectivity index (χ0n) is 11.7. The minimum absolute atomic E-state index is 0.0632. The molecular formula is C13H23NO3S. The smallest absolute Gasteiger partial charge is 0.410 e. The van der Waals surface area contributed by atoms with Crippen molar-refractivity contribution >= 4 is 23.0 Å². The average molecular weight is 273 g/mol. The third kappa shape index (κ3) is 5.29. The summed E-state index contributed by atoms with van der Waals surface area (Å²) in [7, 11) is 0. The quantitative estimate of drug-likeness (QED) is 0.793. The minimum Gasteiger partial charge on any atom is -0.444 e. The van der Waals surface area contributed by atoms with Crippen LogP contribution in [0.2, 0.25) is 0 Å². The lowest BCUT2D eigenvalue weighted by Crippen LogP contribution is -2.46. The summed E-state index contributed by atoms with van der Waals surface area (Å²) in [4.78, 5) is 25.1. The fourth-order valence-electron chi connectivity index (χ4n) is 1.77. The van der Waals surface area contributed by atoms with E-state index in [0.717, 1.165) is 19.3 Å². The second-order valence-corrected chi connectivity index (χ2v) is 6.97. The summed E-state index contributed by atoms with van der Waals surface area (Å²) in [6.07, 6.45) is 2.80. The van der Waals surface area contributed by atoms with Gasteiger partial charge in [0, 0.05) is 11.8 Å². The maximum Gasteiger partial charge on any atom is 0.410 e. The van der Waals surface area contributed by atoms with E-state index in [-0.39, 0.29) is 23.0 Å². The molecule has 0 bridgehead atoms. The predicted molar refractivity (Wildman–Crippen MR) is 73.7 cm³/mol. The van der Waals surface area contributed by atoms with Gasteiger partial charge >= 0.3 is 6.09 Å². The Morgan fingerprint density at radius 1 is 1.50 bits per heavy atom. The van der Waals surface area contributed by atoms with E-state index in [9.17, 15) is 9.59 Å². The molecule has 1 saturated heterocycles. The Hall–Kier alpha value is -0.710. The summed E-state index contributed by atoms with van der Waals surface area (Å²) in [5.74, 6) is 0. The third-order valence-electron chi connectivity index (χ3n) is 2.57. The van der Waals surface area contributed by atoms with Gasteiger partial charge < -0.3 is 4.74 Å². The molecule has 0 N–H and O–H groups in total. The Kier molecular flexibility index (Phi) is 5.50. The summed E-state index contributed by atoms with van der Waals surface area (Å²) in [6.45, 7) is 8.41. The third-order valence-corrected chi connectivity index (χ3v) is 3.68. The number of hydrogen-bond acceptors (Lipinski definition) is 4. The Morgan fingerprint density at radius 3 is 2.72 bits per heavy atom. The number of unbranched alkanes of at least 4 members (excludes halogenated alkanes) is 1. The molecule has 0 radical (unpaired) electrons. The average Bonchev–Trinajstić information content (AvgIpc) is 2.23. The second kappa shape index (κ2) is 6.45. The SMILES string of the molecule is CCCC[C@H]1CN(C(=O)OC(C)(C)C)CC(=O)S1. The molecule has 0 aromatic rings. The van der Waals surface area contributed by atoms with E-state index in [0.29, 0.717) is 6.54 Å². The van der Waals surface area contributed by atoms with Crippen molar-refractivity contribution in [3.63, 3.8) is 0 Å². The van der Waals surface area contributed by atoms with Gasteiger partial charge in [0.25, 0.3) is 0 Å². The highest BCUT2D eigenvalue weighted by atomic mass is 32.2. The van der Waals surface area contributed by atoms with Gasteiger partial charge in [0.1, 0.15) is 5.60 Å². The van der Waals surface area contributed by atoms with Gasteiger partial charge in [0.15, 0.2) is 0 Å². The lowest BCUT2D eigenvalue weighted by molar-refractivity contribution is -0.112. The molecule has 1 rings (SSSR count). The van der Waals surface area contributed by atoms with Crippen molar-refractivity contribution in [1.29, 1.82) is 0 Å². The Labute approximate surface area is 113 Å². The molecule has 0 saturated carbocycles. The minimum atomic E-state index is -0.510. The van der Waals surface area contributed by atoms with Crippen LogP contribution in [0.25, 0.3) is 0 Å². The van der Waals surface area contributed by atoms with Gasteiger partial charge in [0.05, 0.1) is 6.54 Å². The van der Waals surface area contributed by atoms with E-state index in [4.69, 9.17) is 4.74 Å². The summed E-state index contributed by atoms with van der Waals surface area (Å²) in [5, 5.41) is 0.284. The normalized spacial score (nSPS) is 21.0. The number of carbonyl (C=O) groups is 2. The van der Waals surface area contributed by atoms with Gasteiger partial charge in [-0.3, -0.25) is 9.69 Å².